The second-order valence-electron chi connectivity index (χ2n) is 7.26. The van der Waals surface area contributed by atoms with Crippen LogP contribution in [0.2, 0.25) is 0 Å². The number of aryl methyl sites for hydroxylation is 1. The van der Waals surface area contributed by atoms with Crippen molar-refractivity contribution in [2.75, 3.05) is 13.1 Å². The molecule has 1 aliphatic carbocycles. The van der Waals surface area contributed by atoms with Crippen molar-refractivity contribution in [1.29, 1.82) is 0 Å². The summed E-state index contributed by atoms with van der Waals surface area (Å²) in [5.41, 5.74) is 1.43. The lowest BCUT2D eigenvalue weighted by Crippen LogP contribution is -2.18. The fraction of sp³-hybridized carbons (Fsp3) is 0.556. The molecule has 6 nitrogen and oxygen atoms in total. The van der Waals surface area contributed by atoms with Gasteiger partial charge in [-0.1, -0.05) is 6.92 Å². The number of rotatable bonds is 4. The molecule has 1 fully saturated rings. The zero-order chi connectivity index (χ0) is 17.5. The molecule has 5 rings (SSSR count). The first-order valence-corrected chi connectivity index (χ1v) is 10.9. The number of hydrogen-bond donors (Lipinski definition) is 0. The van der Waals surface area contributed by atoms with Crippen molar-refractivity contribution < 1.29 is 4.42 Å². The summed E-state index contributed by atoms with van der Waals surface area (Å²) in [5.74, 6) is 1.45. The molecule has 0 N–H and O–H groups in total. The first kappa shape index (κ1) is 16.6. The largest absolute Gasteiger partial charge is 0.414 e. The van der Waals surface area contributed by atoms with Crippen molar-refractivity contribution in [3.63, 3.8) is 0 Å². The van der Waals surface area contributed by atoms with E-state index in [1.54, 1.807) is 6.33 Å². The lowest BCUT2D eigenvalue weighted by Gasteiger charge is -2.17. The van der Waals surface area contributed by atoms with Gasteiger partial charge in [0.1, 0.15) is 16.2 Å². The average Bonchev–Trinajstić information content (AvgIpc) is 3.35. The van der Waals surface area contributed by atoms with E-state index in [-0.39, 0.29) is 0 Å². The number of fused-ring (bicyclic) bond motifs is 3. The molecule has 1 saturated heterocycles. The predicted octanol–water partition coefficient (Wildman–Crippen LogP) is 3.95. The summed E-state index contributed by atoms with van der Waals surface area (Å²) in [6.45, 7) is 5.32. The minimum Gasteiger partial charge on any atom is -0.414 e. The average molecular weight is 388 g/mol. The Kier molecular flexibility index (Phi) is 4.42. The van der Waals surface area contributed by atoms with E-state index in [0.717, 1.165) is 48.3 Å². The van der Waals surface area contributed by atoms with Crippen molar-refractivity contribution in [1.82, 2.24) is 25.1 Å². The van der Waals surface area contributed by atoms with Gasteiger partial charge in [0.25, 0.3) is 5.22 Å². The van der Waals surface area contributed by atoms with Crippen LogP contribution in [0, 0.1) is 5.92 Å². The van der Waals surface area contributed by atoms with E-state index in [9.17, 15) is 0 Å². The van der Waals surface area contributed by atoms with Crippen LogP contribution in [0.15, 0.2) is 21.0 Å². The third-order valence-corrected chi connectivity index (χ3v) is 7.25. The van der Waals surface area contributed by atoms with E-state index >= 15 is 0 Å². The molecule has 0 aromatic carbocycles. The summed E-state index contributed by atoms with van der Waals surface area (Å²) in [7, 11) is 0. The van der Waals surface area contributed by atoms with Crippen molar-refractivity contribution in [2.24, 2.45) is 5.92 Å². The fourth-order valence-electron chi connectivity index (χ4n) is 3.88. The molecule has 136 valence electrons. The van der Waals surface area contributed by atoms with Gasteiger partial charge < -0.3 is 4.42 Å². The normalized spacial score (nSPS) is 20.7. The van der Waals surface area contributed by atoms with Crippen molar-refractivity contribution >= 4 is 33.3 Å². The number of aromatic nitrogens is 4. The molecule has 1 unspecified atom stereocenters. The minimum absolute atomic E-state index is 0.573. The highest BCUT2D eigenvalue weighted by molar-refractivity contribution is 7.99. The minimum atomic E-state index is 0.573. The van der Waals surface area contributed by atoms with Crippen molar-refractivity contribution in [3.8, 4) is 0 Å². The van der Waals surface area contributed by atoms with Gasteiger partial charge in [-0.2, -0.15) is 0 Å². The van der Waals surface area contributed by atoms with Crippen LogP contribution in [0.3, 0.4) is 0 Å². The van der Waals surface area contributed by atoms with Gasteiger partial charge in [0.2, 0.25) is 5.89 Å². The number of thiophene rings is 1. The van der Waals surface area contributed by atoms with Crippen LogP contribution in [0.25, 0.3) is 10.2 Å². The SMILES string of the molecule is CC1CCc2c(sc3ncnc(Sc4nnc(CN5CCCC5)o4)c23)C1. The molecular formula is C18H21N5OS2. The molecule has 3 aromatic rings. The smallest absolute Gasteiger partial charge is 0.283 e. The van der Waals surface area contributed by atoms with E-state index in [0.29, 0.717) is 11.1 Å². The first-order valence-electron chi connectivity index (χ1n) is 9.24. The zero-order valence-corrected chi connectivity index (χ0v) is 16.4. The third-order valence-electron chi connectivity index (χ3n) is 5.25. The number of hydrogen-bond acceptors (Lipinski definition) is 8. The maximum Gasteiger partial charge on any atom is 0.283 e. The standard InChI is InChI=1S/C18H21N5OS2/c1-11-4-5-12-13(8-11)25-16-15(12)17(20-10-19-16)26-18-22-21-14(24-18)9-23-6-2-3-7-23/h10-11H,2-9H2,1H3. The van der Waals surface area contributed by atoms with Crippen LogP contribution in [-0.4, -0.2) is 38.2 Å². The molecule has 8 heteroatoms. The lowest BCUT2D eigenvalue weighted by atomic mass is 9.89. The molecule has 0 radical (unpaired) electrons. The Morgan fingerprint density at radius 1 is 1.27 bits per heavy atom. The topological polar surface area (TPSA) is 67.9 Å². The van der Waals surface area contributed by atoms with Gasteiger partial charge in [-0.15, -0.1) is 21.5 Å². The van der Waals surface area contributed by atoms with E-state index < -0.39 is 0 Å². The van der Waals surface area contributed by atoms with Crippen LogP contribution >= 0.6 is 23.1 Å². The summed E-state index contributed by atoms with van der Waals surface area (Å²) >= 11 is 3.29. The van der Waals surface area contributed by atoms with Crippen LogP contribution in [-0.2, 0) is 19.4 Å². The van der Waals surface area contributed by atoms with E-state index in [1.165, 1.54) is 46.9 Å². The van der Waals surface area contributed by atoms with E-state index in [2.05, 4.69) is 32.0 Å². The highest BCUT2D eigenvalue weighted by Crippen LogP contribution is 2.41. The Morgan fingerprint density at radius 2 is 2.15 bits per heavy atom. The Balaban J connectivity index is 1.42. The summed E-state index contributed by atoms with van der Waals surface area (Å²) in [4.78, 5) is 14.0. The number of likely N-dealkylation sites (tertiary alicyclic amines) is 1. The Bertz CT molecular complexity index is 931. The van der Waals surface area contributed by atoms with Crippen LogP contribution in [0.5, 0.6) is 0 Å². The van der Waals surface area contributed by atoms with Crippen molar-refractivity contribution in [2.45, 2.75) is 55.8 Å². The second kappa shape index (κ2) is 6.90. The molecule has 4 heterocycles. The van der Waals surface area contributed by atoms with Crippen molar-refractivity contribution in [3.05, 3.63) is 22.7 Å². The quantitative estimate of drug-likeness (QED) is 0.628. The van der Waals surface area contributed by atoms with E-state index in [1.807, 2.05) is 11.3 Å². The molecule has 3 aromatic heterocycles. The Hall–Kier alpha value is -1.51. The van der Waals surface area contributed by atoms with Crippen LogP contribution in [0.1, 0.15) is 42.5 Å². The summed E-state index contributed by atoms with van der Waals surface area (Å²) in [5, 5.41) is 11.2. The predicted molar refractivity (Wildman–Crippen MR) is 102 cm³/mol. The van der Waals surface area contributed by atoms with Gasteiger partial charge in [0.05, 0.1) is 6.54 Å². The second-order valence-corrected chi connectivity index (χ2v) is 9.28. The van der Waals surface area contributed by atoms with Crippen LogP contribution < -0.4 is 0 Å². The first-order chi connectivity index (χ1) is 12.8. The monoisotopic (exact) mass is 387 g/mol. The maximum absolute atomic E-state index is 5.88. The molecule has 0 bridgehead atoms. The molecule has 2 aliphatic rings. The Labute approximate surface area is 160 Å². The van der Waals surface area contributed by atoms with E-state index in [4.69, 9.17) is 4.42 Å². The number of nitrogens with zero attached hydrogens (tertiary/aromatic N) is 5. The van der Waals surface area contributed by atoms with Gasteiger partial charge in [0, 0.05) is 10.3 Å². The van der Waals surface area contributed by atoms with Crippen LogP contribution in [0.4, 0.5) is 0 Å². The molecule has 0 saturated carbocycles. The fourth-order valence-corrected chi connectivity index (χ4v) is 6.10. The van der Waals surface area contributed by atoms with Gasteiger partial charge >= 0.3 is 0 Å². The highest BCUT2D eigenvalue weighted by atomic mass is 32.2. The lowest BCUT2D eigenvalue weighted by molar-refractivity contribution is 0.278. The third kappa shape index (κ3) is 3.14. The van der Waals surface area contributed by atoms with Gasteiger partial charge in [-0.25, -0.2) is 9.97 Å². The molecular weight excluding hydrogens is 366 g/mol. The summed E-state index contributed by atoms with van der Waals surface area (Å²) in [6.07, 6.45) is 7.67. The van der Waals surface area contributed by atoms with Gasteiger partial charge in [0.15, 0.2) is 0 Å². The molecule has 0 spiro atoms. The molecule has 1 atom stereocenters. The molecule has 26 heavy (non-hydrogen) atoms. The zero-order valence-electron chi connectivity index (χ0n) is 14.8. The van der Waals surface area contributed by atoms with Gasteiger partial charge in [-0.3, -0.25) is 4.90 Å². The summed E-state index contributed by atoms with van der Waals surface area (Å²) in [6, 6.07) is 0. The maximum atomic E-state index is 5.88. The Morgan fingerprint density at radius 3 is 3.04 bits per heavy atom. The summed E-state index contributed by atoms with van der Waals surface area (Å²) < 4.78 is 5.88. The molecule has 0 amide bonds. The van der Waals surface area contributed by atoms with Gasteiger partial charge in [-0.05, 0) is 68.4 Å². The highest BCUT2D eigenvalue weighted by Gasteiger charge is 2.24. The molecule has 1 aliphatic heterocycles.